The third kappa shape index (κ3) is 4.11. The van der Waals surface area contributed by atoms with Crippen LogP contribution < -0.4 is 14.8 Å². The van der Waals surface area contributed by atoms with Crippen LogP contribution in [0, 0.1) is 12.8 Å². The number of nitrogens with one attached hydrogen (secondary N) is 1. The van der Waals surface area contributed by atoms with Gasteiger partial charge in [-0.15, -0.1) is 0 Å². The molecule has 1 N–H and O–H groups in total. The average Bonchev–Trinajstić information content (AvgIpc) is 3.16. The van der Waals surface area contributed by atoms with Gasteiger partial charge in [-0.3, -0.25) is 9.59 Å². The van der Waals surface area contributed by atoms with Gasteiger partial charge in [0.25, 0.3) is 11.8 Å². The average molecular weight is 387 g/mol. The maximum atomic E-state index is 12.6. The minimum absolute atomic E-state index is 0.152. The number of methoxy groups -OCH3 is 2. The van der Waals surface area contributed by atoms with Crippen LogP contribution in [-0.4, -0.2) is 55.6 Å². The molecule has 8 nitrogen and oxygen atoms in total. The van der Waals surface area contributed by atoms with Crippen molar-refractivity contribution in [2.75, 3.05) is 33.9 Å². The molecule has 0 radical (unpaired) electrons. The van der Waals surface area contributed by atoms with Gasteiger partial charge in [0.1, 0.15) is 0 Å². The molecule has 1 aromatic carbocycles. The van der Waals surface area contributed by atoms with Gasteiger partial charge < -0.3 is 24.1 Å². The number of aromatic nitrogens is 1. The molecule has 1 fully saturated rings. The van der Waals surface area contributed by atoms with Gasteiger partial charge in [-0.1, -0.05) is 6.07 Å². The highest BCUT2D eigenvalue weighted by Gasteiger charge is 2.28. The molecule has 0 bridgehead atoms. The highest BCUT2D eigenvalue weighted by atomic mass is 16.5. The van der Waals surface area contributed by atoms with Crippen molar-refractivity contribution >= 4 is 11.8 Å². The van der Waals surface area contributed by atoms with Crippen LogP contribution in [-0.2, 0) is 0 Å². The molecule has 1 saturated heterocycles. The molecule has 1 aromatic heterocycles. The molecule has 2 heterocycles. The molecule has 0 spiro atoms. The van der Waals surface area contributed by atoms with Gasteiger partial charge in [-0.2, -0.15) is 0 Å². The Morgan fingerprint density at radius 3 is 2.82 bits per heavy atom. The second kappa shape index (κ2) is 8.77. The first-order valence-corrected chi connectivity index (χ1v) is 9.23. The molecular weight excluding hydrogens is 362 g/mol. The summed E-state index contributed by atoms with van der Waals surface area (Å²) in [4.78, 5) is 31.0. The standard InChI is InChI=1S/C20H25N3O5/c1-13-17(28-12-22-13)20(25)23-9-5-6-14(11-23)10-21-19(24)15-7-4-8-16(26-2)18(15)27-3/h4,7-8,12,14H,5-6,9-11H2,1-3H3,(H,21,24). The van der Waals surface area contributed by atoms with Gasteiger partial charge >= 0.3 is 0 Å². The van der Waals surface area contributed by atoms with Gasteiger partial charge in [-0.05, 0) is 37.8 Å². The lowest BCUT2D eigenvalue weighted by Crippen LogP contribution is -2.43. The molecule has 0 saturated carbocycles. The summed E-state index contributed by atoms with van der Waals surface area (Å²) < 4.78 is 15.8. The molecule has 1 unspecified atom stereocenters. The van der Waals surface area contributed by atoms with E-state index < -0.39 is 0 Å². The van der Waals surface area contributed by atoms with Crippen molar-refractivity contribution in [1.29, 1.82) is 0 Å². The van der Waals surface area contributed by atoms with E-state index in [0.717, 1.165) is 12.8 Å². The number of para-hydroxylation sites is 1. The molecular formula is C20H25N3O5. The summed E-state index contributed by atoms with van der Waals surface area (Å²) in [6, 6.07) is 5.18. The predicted molar refractivity (Wildman–Crippen MR) is 102 cm³/mol. The first kappa shape index (κ1) is 19.7. The Bertz CT molecular complexity index is 848. The fourth-order valence-corrected chi connectivity index (χ4v) is 3.47. The minimum atomic E-state index is -0.231. The lowest BCUT2D eigenvalue weighted by atomic mass is 9.97. The maximum Gasteiger partial charge on any atom is 0.291 e. The zero-order chi connectivity index (χ0) is 20.1. The van der Waals surface area contributed by atoms with E-state index in [4.69, 9.17) is 13.9 Å². The summed E-state index contributed by atoms with van der Waals surface area (Å²) in [6.07, 6.45) is 3.10. The van der Waals surface area contributed by atoms with Crippen molar-refractivity contribution in [1.82, 2.24) is 15.2 Å². The van der Waals surface area contributed by atoms with Gasteiger partial charge in [0.15, 0.2) is 17.9 Å². The van der Waals surface area contributed by atoms with Gasteiger partial charge in [0, 0.05) is 19.6 Å². The SMILES string of the molecule is COc1cccc(C(=O)NCC2CCCN(C(=O)c3ocnc3C)C2)c1OC. The van der Waals surface area contributed by atoms with Crippen molar-refractivity contribution in [2.45, 2.75) is 19.8 Å². The van der Waals surface area contributed by atoms with E-state index in [2.05, 4.69) is 10.3 Å². The zero-order valence-electron chi connectivity index (χ0n) is 16.4. The summed E-state index contributed by atoms with van der Waals surface area (Å²) in [5.74, 6) is 0.980. The topological polar surface area (TPSA) is 93.9 Å². The number of carbonyl (C=O) groups excluding carboxylic acids is 2. The summed E-state index contributed by atoms with van der Waals surface area (Å²) >= 11 is 0. The number of piperidine rings is 1. The molecule has 2 amide bonds. The highest BCUT2D eigenvalue weighted by Crippen LogP contribution is 2.30. The predicted octanol–water partition coefficient (Wildman–Crippen LogP) is 2.28. The quantitative estimate of drug-likeness (QED) is 0.817. The molecule has 8 heteroatoms. The lowest BCUT2D eigenvalue weighted by molar-refractivity contribution is 0.0638. The number of nitrogens with zero attached hydrogens (tertiary/aromatic N) is 2. The Morgan fingerprint density at radius 2 is 2.14 bits per heavy atom. The smallest absolute Gasteiger partial charge is 0.291 e. The van der Waals surface area contributed by atoms with Crippen molar-refractivity contribution in [3.8, 4) is 11.5 Å². The Hall–Kier alpha value is -3.03. The number of hydrogen-bond donors (Lipinski definition) is 1. The number of likely N-dealkylation sites (tertiary alicyclic amines) is 1. The molecule has 1 aliphatic rings. The van der Waals surface area contributed by atoms with Crippen LogP contribution in [0.1, 0.15) is 39.4 Å². The van der Waals surface area contributed by atoms with Crippen molar-refractivity contribution < 1.29 is 23.5 Å². The third-order valence-corrected chi connectivity index (χ3v) is 4.94. The van der Waals surface area contributed by atoms with Crippen LogP contribution in [0.5, 0.6) is 11.5 Å². The van der Waals surface area contributed by atoms with E-state index in [1.54, 1.807) is 30.0 Å². The Labute approximate surface area is 163 Å². The number of rotatable bonds is 6. The fraction of sp³-hybridized carbons (Fsp3) is 0.450. The number of oxazole rings is 1. The van der Waals surface area contributed by atoms with Crippen molar-refractivity contribution in [3.63, 3.8) is 0 Å². The van der Waals surface area contributed by atoms with Gasteiger partial charge in [-0.25, -0.2) is 4.98 Å². The number of hydrogen-bond acceptors (Lipinski definition) is 6. The van der Waals surface area contributed by atoms with Crippen LogP contribution in [0.3, 0.4) is 0 Å². The Kier molecular flexibility index (Phi) is 6.18. The number of amides is 2. The summed E-state index contributed by atoms with van der Waals surface area (Å²) in [5.41, 5.74) is 1.01. The van der Waals surface area contributed by atoms with E-state index in [1.807, 2.05) is 0 Å². The van der Waals surface area contributed by atoms with Gasteiger partial charge in [0.05, 0.1) is 25.5 Å². The number of aryl methyl sites for hydroxylation is 1. The van der Waals surface area contributed by atoms with Crippen molar-refractivity contribution in [2.24, 2.45) is 5.92 Å². The van der Waals surface area contributed by atoms with Crippen molar-refractivity contribution in [3.05, 3.63) is 41.6 Å². The fourth-order valence-electron chi connectivity index (χ4n) is 3.47. The summed E-state index contributed by atoms with van der Waals surface area (Å²) in [7, 11) is 3.04. The van der Waals surface area contributed by atoms with E-state index in [9.17, 15) is 9.59 Å². The number of carbonyl (C=O) groups is 2. The molecule has 0 aliphatic carbocycles. The summed E-state index contributed by atoms with van der Waals surface area (Å²) in [6.45, 7) is 3.46. The maximum absolute atomic E-state index is 12.6. The summed E-state index contributed by atoms with van der Waals surface area (Å²) in [5, 5.41) is 2.95. The highest BCUT2D eigenvalue weighted by molar-refractivity contribution is 5.97. The largest absolute Gasteiger partial charge is 0.493 e. The van der Waals surface area contributed by atoms with Crippen LogP contribution in [0.4, 0.5) is 0 Å². The van der Waals surface area contributed by atoms with Crippen LogP contribution in [0.15, 0.2) is 29.0 Å². The Balaban J connectivity index is 1.61. The molecule has 1 aliphatic heterocycles. The van der Waals surface area contributed by atoms with Crippen LogP contribution in [0.2, 0.25) is 0 Å². The first-order valence-electron chi connectivity index (χ1n) is 9.23. The first-order chi connectivity index (χ1) is 13.5. The van der Waals surface area contributed by atoms with E-state index in [1.165, 1.54) is 20.6 Å². The molecule has 3 rings (SSSR count). The van der Waals surface area contributed by atoms with Crippen LogP contribution in [0.25, 0.3) is 0 Å². The normalized spacial score (nSPS) is 16.5. The molecule has 150 valence electrons. The minimum Gasteiger partial charge on any atom is -0.493 e. The number of benzene rings is 1. The van der Waals surface area contributed by atoms with E-state index in [-0.39, 0.29) is 23.5 Å². The number of ether oxygens (including phenoxy) is 2. The Morgan fingerprint density at radius 1 is 1.32 bits per heavy atom. The lowest BCUT2D eigenvalue weighted by Gasteiger charge is -2.32. The molecule has 2 aromatic rings. The zero-order valence-corrected chi connectivity index (χ0v) is 16.4. The van der Waals surface area contributed by atoms with Gasteiger partial charge in [0.2, 0.25) is 5.76 Å². The molecule has 1 atom stereocenters. The third-order valence-electron chi connectivity index (χ3n) is 4.94. The second-order valence-corrected chi connectivity index (χ2v) is 6.78. The second-order valence-electron chi connectivity index (χ2n) is 6.78. The van der Waals surface area contributed by atoms with E-state index in [0.29, 0.717) is 42.4 Å². The van der Waals surface area contributed by atoms with Crippen LogP contribution >= 0.6 is 0 Å². The monoisotopic (exact) mass is 387 g/mol. The van der Waals surface area contributed by atoms with E-state index >= 15 is 0 Å². The molecule has 28 heavy (non-hydrogen) atoms.